The van der Waals surface area contributed by atoms with Gasteiger partial charge in [0.2, 0.25) is 0 Å². The first-order valence-electron chi connectivity index (χ1n) is 4.12. The Bertz CT molecular complexity index is 281. The van der Waals surface area contributed by atoms with Crippen LogP contribution >= 0.6 is 23.4 Å². The van der Waals surface area contributed by atoms with Gasteiger partial charge in [-0.2, -0.15) is 0 Å². The van der Waals surface area contributed by atoms with Crippen molar-refractivity contribution in [2.45, 2.75) is 18.2 Å². The first kappa shape index (κ1) is 10.6. The molecule has 0 spiro atoms. The van der Waals surface area contributed by atoms with Gasteiger partial charge in [0.1, 0.15) is 5.78 Å². The molecule has 1 aromatic carbocycles. The smallest absolute Gasteiger partial charge is 0.142 e. The monoisotopic (exact) mass is 214 g/mol. The molecule has 1 nitrogen and oxygen atoms in total. The van der Waals surface area contributed by atoms with Gasteiger partial charge in [-0.05, 0) is 24.3 Å². The van der Waals surface area contributed by atoms with E-state index in [0.717, 1.165) is 9.92 Å². The molecule has 0 N–H and O–H groups in total. The van der Waals surface area contributed by atoms with Gasteiger partial charge in [-0.3, -0.25) is 4.79 Å². The Labute approximate surface area is 87.5 Å². The maximum atomic E-state index is 11.0. The van der Waals surface area contributed by atoms with E-state index in [9.17, 15) is 4.79 Å². The van der Waals surface area contributed by atoms with Crippen LogP contribution in [0.1, 0.15) is 13.3 Å². The molecule has 0 unspecified atom stereocenters. The van der Waals surface area contributed by atoms with Gasteiger partial charge in [0.05, 0.1) is 5.75 Å². The second-order valence-corrected chi connectivity index (χ2v) is 4.12. The topological polar surface area (TPSA) is 17.1 Å². The lowest BCUT2D eigenvalue weighted by Crippen LogP contribution is -1.97. The molecule has 0 amide bonds. The van der Waals surface area contributed by atoms with Crippen molar-refractivity contribution in [2.75, 3.05) is 5.75 Å². The molecule has 0 saturated carbocycles. The van der Waals surface area contributed by atoms with Gasteiger partial charge in [0.15, 0.2) is 0 Å². The first-order chi connectivity index (χ1) is 6.22. The lowest BCUT2D eigenvalue weighted by atomic mass is 10.4. The van der Waals surface area contributed by atoms with Crippen LogP contribution < -0.4 is 0 Å². The average molecular weight is 215 g/mol. The molecule has 0 saturated heterocycles. The lowest BCUT2D eigenvalue weighted by molar-refractivity contribution is -0.116. The third-order valence-electron chi connectivity index (χ3n) is 1.61. The minimum absolute atomic E-state index is 0.278. The number of carbonyl (C=O) groups is 1. The van der Waals surface area contributed by atoms with Gasteiger partial charge in [-0.15, -0.1) is 11.8 Å². The number of thioether (sulfide) groups is 1. The van der Waals surface area contributed by atoms with E-state index in [1.807, 2.05) is 31.2 Å². The minimum Gasteiger partial charge on any atom is -0.299 e. The highest BCUT2D eigenvalue weighted by molar-refractivity contribution is 8.00. The van der Waals surface area contributed by atoms with E-state index >= 15 is 0 Å². The molecule has 13 heavy (non-hydrogen) atoms. The van der Waals surface area contributed by atoms with E-state index in [2.05, 4.69) is 0 Å². The van der Waals surface area contributed by atoms with Crippen LogP contribution in [0, 0.1) is 0 Å². The predicted molar refractivity (Wildman–Crippen MR) is 57.5 cm³/mol. The zero-order valence-electron chi connectivity index (χ0n) is 7.42. The van der Waals surface area contributed by atoms with Crippen LogP contribution in [0.15, 0.2) is 29.2 Å². The van der Waals surface area contributed by atoms with E-state index < -0.39 is 0 Å². The number of ketones is 1. The highest BCUT2D eigenvalue weighted by Gasteiger charge is 1.99. The summed E-state index contributed by atoms with van der Waals surface area (Å²) in [5, 5.41) is 0.728. The summed E-state index contributed by atoms with van der Waals surface area (Å²) in [7, 11) is 0. The van der Waals surface area contributed by atoms with Crippen molar-refractivity contribution in [3.8, 4) is 0 Å². The van der Waals surface area contributed by atoms with Gasteiger partial charge in [0.25, 0.3) is 0 Å². The van der Waals surface area contributed by atoms with Crippen molar-refractivity contribution in [1.82, 2.24) is 0 Å². The average Bonchev–Trinajstić information content (AvgIpc) is 2.16. The van der Waals surface area contributed by atoms with Crippen molar-refractivity contribution in [1.29, 1.82) is 0 Å². The van der Waals surface area contributed by atoms with Crippen molar-refractivity contribution in [2.24, 2.45) is 0 Å². The fourth-order valence-electron chi connectivity index (χ4n) is 0.797. The number of Topliss-reactive ketones (excluding diaryl/α,β-unsaturated/α-hetero) is 1. The second-order valence-electron chi connectivity index (χ2n) is 2.63. The van der Waals surface area contributed by atoms with Crippen LogP contribution in [-0.2, 0) is 4.79 Å². The van der Waals surface area contributed by atoms with Gasteiger partial charge in [-0.1, -0.05) is 18.5 Å². The molecule has 0 radical (unpaired) electrons. The third-order valence-corrected chi connectivity index (χ3v) is 2.93. The van der Waals surface area contributed by atoms with Crippen LogP contribution in [-0.4, -0.2) is 11.5 Å². The number of benzene rings is 1. The lowest BCUT2D eigenvalue weighted by Gasteiger charge is -1.99. The van der Waals surface area contributed by atoms with Crippen molar-refractivity contribution >= 4 is 29.1 Å². The van der Waals surface area contributed by atoms with Crippen molar-refractivity contribution < 1.29 is 4.79 Å². The van der Waals surface area contributed by atoms with E-state index in [-0.39, 0.29) is 5.78 Å². The summed E-state index contributed by atoms with van der Waals surface area (Å²) in [6, 6.07) is 7.52. The summed E-state index contributed by atoms with van der Waals surface area (Å²) < 4.78 is 0. The molecular weight excluding hydrogens is 204 g/mol. The molecule has 0 aliphatic carbocycles. The van der Waals surface area contributed by atoms with E-state index in [1.54, 1.807) is 11.8 Å². The van der Waals surface area contributed by atoms with E-state index in [4.69, 9.17) is 11.6 Å². The molecule has 70 valence electrons. The van der Waals surface area contributed by atoms with Gasteiger partial charge < -0.3 is 0 Å². The quantitative estimate of drug-likeness (QED) is 0.715. The van der Waals surface area contributed by atoms with E-state index in [1.165, 1.54) is 0 Å². The van der Waals surface area contributed by atoms with E-state index in [0.29, 0.717) is 12.2 Å². The highest BCUT2D eigenvalue weighted by atomic mass is 35.5. The molecule has 0 heterocycles. The third kappa shape index (κ3) is 3.83. The Kier molecular flexibility index (Phi) is 4.33. The summed E-state index contributed by atoms with van der Waals surface area (Å²) in [5.41, 5.74) is 0. The summed E-state index contributed by atoms with van der Waals surface area (Å²) in [4.78, 5) is 12.1. The second kappa shape index (κ2) is 5.30. The summed E-state index contributed by atoms with van der Waals surface area (Å²) in [6.07, 6.45) is 0.612. The van der Waals surface area contributed by atoms with Gasteiger partial charge in [0, 0.05) is 16.3 Å². The zero-order valence-corrected chi connectivity index (χ0v) is 8.99. The highest BCUT2D eigenvalue weighted by Crippen LogP contribution is 2.20. The molecular formula is C10H11ClOS. The molecule has 1 aromatic rings. The van der Waals surface area contributed by atoms with Crippen molar-refractivity contribution in [3.05, 3.63) is 29.3 Å². The maximum absolute atomic E-state index is 11.0. The molecule has 0 aliphatic rings. The van der Waals surface area contributed by atoms with Crippen LogP contribution in [0.2, 0.25) is 5.02 Å². The van der Waals surface area contributed by atoms with Crippen LogP contribution in [0.4, 0.5) is 0 Å². The SMILES string of the molecule is CCC(=O)CSc1ccc(Cl)cc1. The fraction of sp³-hybridized carbons (Fsp3) is 0.300. The number of carbonyl (C=O) groups excluding carboxylic acids is 1. The Morgan fingerprint density at radius 3 is 2.54 bits per heavy atom. The van der Waals surface area contributed by atoms with Crippen LogP contribution in [0.5, 0.6) is 0 Å². The van der Waals surface area contributed by atoms with Crippen molar-refractivity contribution in [3.63, 3.8) is 0 Å². The normalized spacial score (nSPS) is 10.0. The molecule has 0 fully saturated rings. The summed E-state index contributed by atoms with van der Waals surface area (Å²) in [6.45, 7) is 1.88. The molecule has 0 bridgehead atoms. The van der Waals surface area contributed by atoms with Gasteiger partial charge in [-0.25, -0.2) is 0 Å². The standard InChI is InChI=1S/C10H11ClOS/c1-2-9(12)7-13-10-5-3-8(11)4-6-10/h3-6H,2,7H2,1H3. The van der Waals surface area contributed by atoms with Gasteiger partial charge >= 0.3 is 0 Å². The Morgan fingerprint density at radius 2 is 2.00 bits per heavy atom. The summed E-state index contributed by atoms with van der Waals surface area (Å²) >= 11 is 7.28. The molecule has 0 aromatic heterocycles. The first-order valence-corrected chi connectivity index (χ1v) is 5.49. The Morgan fingerprint density at radius 1 is 1.38 bits per heavy atom. The molecule has 1 rings (SSSR count). The predicted octanol–water partition coefficient (Wildman–Crippen LogP) is 3.41. The minimum atomic E-state index is 0.278. The summed E-state index contributed by atoms with van der Waals surface area (Å²) in [5.74, 6) is 0.831. The fourth-order valence-corrected chi connectivity index (χ4v) is 1.78. The molecule has 0 aliphatic heterocycles. The Hall–Kier alpha value is -0.470. The maximum Gasteiger partial charge on any atom is 0.142 e. The number of halogens is 1. The van der Waals surface area contributed by atoms with Crippen LogP contribution in [0.3, 0.4) is 0 Å². The Balaban J connectivity index is 2.46. The number of hydrogen-bond acceptors (Lipinski definition) is 2. The number of rotatable bonds is 4. The molecule has 3 heteroatoms. The molecule has 0 atom stereocenters. The zero-order chi connectivity index (χ0) is 9.68. The number of hydrogen-bond donors (Lipinski definition) is 0. The largest absolute Gasteiger partial charge is 0.299 e. The van der Waals surface area contributed by atoms with Crippen LogP contribution in [0.25, 0.3) is 0 Å².